The Balaban J connectivity index is 2.17. The zero-order valence-electron chi connectivity index (χ0n) is 9.00. The summed E-state index contributed by atoms with van der Waals surface area (Å²) >= 11 is 0. The lowest BCUT2D eigenvalue weighted by atomic mass is 10.3. The number of nitrogens with zero attached hydrogens (tertiary/aromatic N) is 1. The second-order valence-electron chi connectivity index (χ2n) is 4.08. The van der Waals surface area contributed by atoms with Gasteiger partial charge in [0.25, 0.3) is 0 Å². The Bertz CT molecular complexity index is 506. The highest BCUT2D eigenvalue weighted by atomic mass is 31.2. The van der Waals surface area contributed by atoms with E-state index in [0.29, 0.717) is 5.76 Å². The van der Waals surface area contributed by atoms with Crippen LogP contribution in [0.1, 0.15) is 24.5 Å². The van der Waals surface area contributed by atoms with Crippen molar-refractivity contribution in [3.63, 3.8) is 0 Å². The molecule has 0 amide bonds. The lowest BCUT2D eigenvalue weighted by Crippen LogP contribution is -2.20. The maximum atomic E-state index is 11.0. The third-order valence-electron chi connectivity index (χ3n) is 2.42. The summed E-state index contributed by atoms with van der Waals surface area (Å²) in [5, 5.41) is 5.50. The molecule has 1 aliphatic carbocycles. The fraction of sp³-hybridized carbons (Fsp3) is 0.571. The van der Waals surface area contributed by atoms with Crippen LogP contribution in [0, 0.1) is 0 Å². The molecule has 2 rings (SSSR count). The van der Waals surface area contributed by atoms with Gasteiger partial charge in [-0.05, 0) is 12.8 Å². The molecule has 11 heteroatoms. The second kappa shape index (κ2) is 4.45. The van der Waals surface area contributed by atoms with Crippen molar-refractivity contribution in [3.8, 4) is 0 Å². The van der Waals surface area contributed by atoms with Gasteiger partial charge >= 0.3 is 15.2 Å². The average Bonchev–Trinajstić information content (AvgIpc) is 2.92. The van der Waals surface area contributed by atoms with E-state index in [0.717, 1.165) is 12.8 Å². The number of hydrogen-bond acceptors (Lipinski definition) is 5. The van der Waals surface area contributed by atoms with Gasteiger partial charge in [0, 0.05) is 12.0 Å². The minimum absolute atomic E-state index is 0.103. The van der Waals surface area contributed by atoms with Gasteiger partial charge in [-0.15, -0.1) is 0 Å². The summed E-state index contributed by atoms with van der Waals surface area (Å²) in [6, 6.07) is 1.38. The number of nitrogens with one attached hydrogen (secondary N) is 1. The predicted molar refractivity (Wildman–Crippen MR) is 60.0 cm³/mol. The molecule has 1 aromatic heterocycles. The van der Waals surface area contributed by atoms with Crippen LogP contribution < -0.4 is 5.32 Å². The third kappa shape index (κ3) is 3.20. The van der Waals surface area contributed by atoms with Crippen LogP contribution in [-0.2, 0) is 9.13 Å². The Morgan fingerprint density at radius 3 is 2.28 bits per heavy atom. The van der Waals surface area contributed by atoms with Gasteiger partial charge in [0.05, 0.1) is 0 Å². The molecule has 0 aromatic carbocycles. The van der Waals surface area contributed by atoms with Gasteiger partial charge in [-0.25, -0.2) is 0 Å². The lowest BCUT2D eigenvalue weighted by molar-refractivity contribution is 0.342. The number of rotatable bonds is 5. The molecule has 0 atom stereocenters. The molecule has 5 N–H and O–H groups in total. The van der Waals surface area contributed by atoms with E-state index in [-0.39, 0.29) is 11.7 Å². The highest BCUT2D eigenvalue weighted by molar-refractivity contribution is 7.71. The molecule has 0 radical (unpaired) electrons. The van der Waals surface area contributed by atoms with Crippen molar-refractivity contribution in [1.82, 2.24) is 5.16 Å². The van der Waals surface area contributed by atoms with Gasteiger partial charge in [-0.1, -0.05) is 5.16 Å². The zero-order chi connectivity index (χ0) is 13.6. The molecule has 0 unspecified atom stereocenters. The first-order chi connectivity index (χ1) is 8.18. The maximum absolute atomic E-state index is 11.0. The Kier molecular flexibility index (Phi) is 3.40. The van der Waals surface area contributed by atoms with Crippen molar-refractivity contribution in [2.24, 2.45) is 0 Å². The molecule has 1 fully saturated rings. The summed E-state index contributed by atoms with van der Waals surface area (Å²) in [6.45, 7) is 0. The van der Waals surface area contributed by atoms with Crippen molar-refractivity contribution in [1.29, 1.82) is 0 Å². The van der Waals surface area contributed by atoms with E-state index in [9.17, 15) is 9.13 Å². The molecule has 0 bridgehead atoms. The largest absolute Gasteiger partial charge is 0.360 e. The molecular weight excluding hydrogens is 286 g/mol. The SMILES string of the molecule is O=P(O)(O)C(Nc1cc(C2CC2)on1)P(=O)(O)O. The monoisotopic (exact) mass is 298 g/mol. The molecule has 1 heterocycles. The molecule has 102 valence electrons. The molecular formula is C7H12N2O7P2. The average molecular weight is 298 g/mol. The highest BCUT2D eigenvalue weighted by Crippen LogP contribution is 2.59. The minimum Gasteiger partial charge on any atom is -0.359 e. The Morgan fingerprint density at radius 2 is 1.83 bits per heavy atom. The van der Waals surface area contributed by atoms with Crippen molar-refractivity contribution in [2.45, 2.75) is 24.3 Å². The van der Waals surface area contributed by atoms with Gasteiger partial charge in [0.2, 0.25) is 5.52 Å². The number of anilines is 1. The first kappa shape index (κ1) is 13.7. The molecule has 18 heavy (non-hydrogen) atoms. The summed E-state index contributed by atoms with van der Waals surface area (Å²) < 4.78 is 26.9. The van der Waals surface area contributed by atoms with E-state index >= 15 is 0 Å². The fourth-order valence-corrected chi connectivity index (χ4v) is 3.58. The summed E-state index contributed by atoms with van der Waals surface area (Å²) in [4.78, 5) is 35.6. The van der Waals surface area contributed by atoms with Crippen LogP contribution in [0.25, 0.3) is 0 Å². The van der Waals surface area contributed by atoms with E-state index in [1.54, 1.807) is 0 Å². The standard InChI is InChI=1S/C7H12N2O7P2/c10-17(11,12)7(18(13,14)15)8-6-3-5(16-9-6)4-1-2-4/h3-4,7H,1-2H2,(H,8,9)(H2,10,11,12)(H2,13,14,15). The Hall–Kier alpha value is -0.690. The molecule has 1 aromatic rings. The van der Waals surface area contributed by atoms with Gasteiger partial charge in [-0.3, -0.25) is 9.13 Å². The second-order valence-corrected chi connectivity index (χ2v) is 7.88. The van der Waals surface area contributed by atoms with Crippen LogP contribution in [0.4, 0.5) is 5.82 Å². The molecule has 9 nitrogen and oxygen atoms in total. The van der Waals surface area contributed by atoms with E-state index in [1.165, 1.54) is 6.07 Å². The Labute approximate surface area is 102 Å². The van der Waals surface area contributed by atoms with Crippen LogP contribution in [0.15, 0.2) is 10.6 Å². The van der Waals surface area contributed by atoms with Gasteiger partial charge in [-0.2, -0.15) is 0 Å². The normalized spacial score (nSPS) is 17.2. The quantitative estimate of drug-likeness (QED) is 0.491. The third-order valence-corrected chi connectivity index (χ3v) is 5.76. The predicted octanol–water partition coefficient (Wildman–Crippen LogP) is 0.603. The minimum atomic E-state index is -5.02. The zero-order valence-corrected chi connectivity index (χ0v) is 10.8. The molecule has 0 aliphatic heterocycles. The van der Waals surface area contributed by atoms with Crippen LogP contribution in [0.3, 0.4) is 0 Å². The first-order valence-electron chi connectivity index (χ1n) is 5.01. The van der Waals surface area contributed by atoms with E-state index in [1.807, 2.05) is 5.32 Å². The highest BCUT2D eigenvalue weighted by Gasteiger charge is 2.44. The Morgan fingerprint density at radius 1 is 1.28 bits per heavy atom. The van der Waals surface area contributed by atoms with Crippen molar-refractivity contribution >= 4 is 21.0 Å². The smallest absolute Gasteiger partial charge is 0.359 e. The summed E-state index contributed by atoms with van der Waals surface area (Å²) in [6.07, 6.45) is 1.88. The van der Waals surface area contributed by atoms with Crippen LogP contribution in [-0.4, -0.2) is 30.3 Å². The fourth-order valence-electron chi connectivity index (χ4n) is 1.41. The molecule has 1 aliphatic rings. The number of aromatic nitrogens is 1. The van der Waals surface area contributed by atoms with E-state index < -0.39 is 20.7 Å². The molecule has 0 spiro atoms. The molecule has 1 saturated carbocycles. The van der Waals surface area contributed by atoms with Gasteiger partial charge in [0.1, 0.15) is 5.76 Å². The van der Waals surface area contributed by atoms with Crippen LogP contribution >= 0.6 is 15.2 Å². The van der Waals surface area contributed by atoms with Crippen LogP contribution in [0.2, 0.25) is 0 Å². The summed E-state index contributed by atoms with van der Waals surface area (Å²) in [5.74, 6) is 0.665. The van der Waals surface area contributed by atoms with Gasteiger partial charge < -0.3 is 29.4 Å². The van der Waals surface area contributed by atoms with E-state index in [4.69, 9.17) is 24.1 Å². The van der Waals surface area contributed by atoms with E-state index in [2.05, 4.69) is 5.16 Å². The van der Waals surface area contributed by atoms with Crippen molar-refractivity contribution in [3.05, 3.63) is 11.8 Å². The molecule has 0 saturated heterocycles. The van der Waals surface area contributed by atoms with Crippen molar-refractivity contribution in [2.75, 3.05) is 5.32 Å². The van der Waals surface area contributed by atoms with Gasteiger partial charge in [0.15, 0.2) is 5.82 Å². The summed E-state index contributed by atoms with van der Waals surface area (Å²) in [7, 11) is -10.0. The maximum Gasteiger partial charge on any atom is 0.360 e. The number of hydrogen-bond donors (Lipinski definition) is 5. The topological polar surface area (TPSA) is 153 Å². The lowest BCUT2D eigenvalue weighted by Gasteiger charge is -2.19. The van der Waals surface area contributed by atoms with Crippen molar-refractivity contribution < 1.29 is 33.2 Å². The summed E-state index contributed by atoms with van der Waals surface area (Å²) in [5.41, 5.74) is -2.32. The van der Waals surface area contributed by atoms with Crippen LogP contribution in [0.5, 0.6) is 0 Å². The first-order valence-corrected chi connectivity index (χ1v) is 8.38.